The molecule has 0 bridgehead atoms. The minimum atomic E-state index is -0.716. The Bertz CT molecular complexity index is 1290. The van der Waals surface area contributed by atoms with E-state index in [2.05, 4.69) is 0 Å². The number of rotatable bonds is 4. The highest BCUT2D eigenvalue weighted by atomic mass is 16.5. The lowest BCUT2D eigenvalue weighted by Gasteiger charge is -2.24. The molecule has 0 saturated carbocycles. The van der Waals surface area contributed by atoms with Crippen LogP contribution in [0.4, 0.5) is 0 Å². The molecule has 2 heterocycles. The minimum Gasteiger partial charge on any atom is -0.493 e. The fraction of sp³-hybridized carbons (Fsp3) is 0.261. The lowest BCUT2D eigenvalue weighted by Crippen LogP contribution is -2.27. The van der Waals surface area contributed by atoms with Crippen molar-refractivity contribution in [3.8, 4) is 22.8 Å². The van der Waals surface area contributed by atoms with Crippen LogP contribution in [0, 0.1) is 0 Å². The molecule has 2 aromatic carbocycles. The molecule has 0 spiro atoms. The van der Waals surface area contributed by atoms with Crippen LogP contribution < -0.4 is 15.0 Å². The number of benzene rings is 2. The number of aromatic nitrogens is 1. The van der Waals surface area contributed by atoms with E-state index in [1.807, 2.05) is 18.2 Å². The van der Waals surface area contributed by atoms with Crippen LogP contribution in [0.2, 0.25) is 0 Å². The Morgan fingerprint density at radius 1 is 0.839 bits per heavy atom. The van der Waals surface area contributed by atoms with E-state index in [-0.39, 0.29) is 16.7 Å². The minimum absolute atomic E-state index is 0.0119. The van der Waals surface area contributed by atoms with Gasteiger partial charge in [-0.2, -0.15) is 0 Å². The summed E-state index contributed by atoms with van der Waals surface area (Å²) in [6, 6.07) is 8.47. The summed E-state index contributed by atoms with van der Waals surface area (Å²) in [7, 11) is 5.57. The van der Waals surface area contributed by atoms with Gasteiger partial charge >= 0.3 is 11.9 Å². The zero-order valence-corrected chi connectivity index (χ0v) is 17.6. The van der Waals surface area contributed by atoms with Crippen molar-refractivity contribution in [2.75, 3.05) is 28.4 Å². The lowest BCUT2D eigenvalue weighted by molar-refractivity contribution is 0.0555. The third-order valence-electron chi connectivity index (χ3n) is 5.55. The summed E-state index contributed by atoms with van der Waals surface area (Å²) < 4.78 is 22.1. The van der Waals surface area contributed by atoms with Gasteiger partial charge in [0.15, 0.2) is 11.5 Å². The van der Waals surface area contributed by atoms with E-state index in [0.29, 0.717) is 40.9 Å². The summed E-state index contributed by atoms with van der Waals surface area (Å²) in [5.74, 6) is -0.231. The second kappa shape index (κ2) is 7.79. The summed E-state index contributed by atoms with van der Waals surface area (Å²) in [4.78, 5) is 37.8. The molecule has 160 valence electrons. The molecule has 8 heteroatoms. The number of hydrogen-bond donors (Lipinski definition) is 0. The number of carbonyl (C=O) groups excluding carboxylic acids is 2. The fourth-order valence-electron chi connectivity index (χ4n) is 4.00. The van der Waals surface area contributed by atoms with Crippen LogP contribution in [0.25, 0.3) is 22.0 Å². The van der Waals surface area contributed by atoms with Gasteiger partial charge in [-0.15, -0.1) is 0 Å². The van der Waals surface area contributed by atoms with Crippen molar-refractivity contribution in [1.29, 1.82) is 0 Å². The van der Waals surface area contributed by atoms with Gasteiger partial charge in [0.25, 0.3) is 5.56 Å². The number of carbonyl (C=O) groups is 2. The van der Waals surface area contributed by atoms with Crippen LogP contribution in [-0.4, -0.2) is 44.9 Å². The van der Waals surface area contributed by atoms with E-state index in [1.165, 1.54) is 26.4 Å². The normalized spacial score (nSPS) is 12.0. The van der Waals surface area contributed by atoms with Gasteiger partial charge in [0.1, 0.15) is 0 Å². The van der Waals surface area contributed by atoms with Gasteiger partial charge in [0, 0.05) is 17.5 Å². The Hall–Kier alpha value is -3.81. The van der Waals surface area contributed by atoms with Gasteiger partial charge in [0.2, 0.25) is 0 Å². The highest BCUT2D eigenvalue weighted by Gasteiger charge is 2.25. The topological polar surface area (TPSA) is 93.1 Å². The number of nitrogens with zero attached hydrogens (tertiary/aromatic N) is 1. The number of ether oxygens (including phenoxy) is 4. The largest absolute Gasteiger partial charge is 0.493 e. The van der Waals surface area contributed by atoms with E-state index in [4.69, 9.17) is 18.9 Å². The second-order valence-electron chi connectivity index (χ2n) is 7.07. The van der Waals surface area contributed by atoms with Crippen LogP contribution in [0.1, 0.15) is 26.3 Å². The maximum absolute atomic E-state index is 13.3. The fourth-order valence-corrected chi connectivity index (χ4v) is 4.00. The van der Waals surface area contributed by atoms with Crippen LogP contribution >= 0.6 is 0 Å². The standard InChI is InChI=1S/C23H21NO7/c1-28-19-9-12-5-6-24-18(14(12)11-20(19)29-2)8-13-7-16(22(26)30-3)17(23(27)31-4)10-15(13)21(24)25/h7-11H,5-6H2,1-4H3. The first-order chi connectivity index (χ1) is 14.9. The van der Waals surface area contributed by atoms with E-state index in [0.717, 1.165) is 11.1 Å². The number of esters is 2. The molecule has 0 aliphatic carbocycles. The Morgan fingerprint density at radius 2 is 1.45 bits per heavy atom. The molecule has 0 amide bonds. The molecule has 0 radical (unpaired) electrons. The monoisotopic (exact) mass is 423 g/mol. The van der Waals surface area contributed by atoms with Gasteiger partial charge in [-0.3, -0.25) is 4.79 Å². The zero-order valence-electron chi connectivity index (χ0n) is 17.6. The molecule has 0 saturated heterocycles. The maximum Gasteiger partial charge on any atom is 0.338 e. The van der Waals surface area contributed by atoms with Crippen molar-refractivity contribution in [1.82, 2.24) is 4.57 Å². The summed E-state index contributed by atoms with van der Waals surface area (Å²) in [5, 5.41) is 0.840. The summed E-state index contributed by atoms with van der Waals surface area (Å²) in [6.45, 7) is 0.471. The average molecular weight is 423 g/mol. The van der Waals surface area contributed by atoms with Gasteiger partial charge in [0.05, 0.1) is 45.3 Å². The van der Waals surface area contributed by atoms with Crippen molar-refractivity contribution in [3.05, 3.63) is 57.4 Å². The van der Waals surface area contributed by atoms with Crippen LogP contribution in [0.5, 0.6) is 11.5 Å². The van der Waals surface area contributed by atoms with Gasteiger partial charge in [-0.25, -0.2) is 9.59 Å². The smallest absolute Gasteiger partial charge is 0.338 e. The lowest BCUT2D eigenvalue weighted by atomic mass is 9.94. The highest BCUT2D eigenvalue weighted by Crippen LogP contribution is 2.38. The summed E-state index contributed by atoms with van der Waals surface area (Å²) in [5.41, 5.74) is 2.34. The van der Waals surface area contributed by atoms with Crippen molar-refractivity contribution in [2.45, 2.75) is 13.0 Å². The third-order valence-corrected chi connectivity index (χ3v) is 5.55. The molecule has 31 heavy (non-hydrogen) atoms. The quantitative estimate of drug-likeness (QED) is 0.596. The summed E-state index contributed by atoms with van der Waals surface area (Å²) >= 11 is 0. The average Bonchev–Trinajstić information content (AvgIpc) is 2.81. The van der Waals surface area contributed by atoms with E-state index < -0.39 is 11.9 Å². The first-order valence-corrected chi connectivity index (χ1v) is 9.57. The molecule has 1 aliphatic rings. The van der Waals surface area contributed by atoms with Crippen molar-refractivity contribution >= 4 is 22.7 Å². The molecule has 0 N–H and O–H groups in total. The Balaban J connectivity index is 2.02. The molecular weight excluding hydrogens is 402 g/mol. The van der Waals surface area contributed by atoms with Crippen LogP contribution in [0.15, 0.2) is 35.1 Å². The number of pyridine rings is 1. The molecular formula is C23H21NO7. The van der Waals surface area contributed by atoms with Crippen LogP contribution in [-0.2, 0) is 22.4 Å². The molecule has 4 rings (SSSR count). The first-order valence-electron chi connectivity index (χ1n) is 9.57. The molecule has 0 atom stereocenters. The molecule has 0 unspecified atom stereocenters. The zero-order chi connectivity index (χ0) is 22.3. The number of fused-ring (bicyclic) bond motifs is 4. The van der Waals surface area contributed by atoms with Gasteiger partial charge < -0.3 is 23.5 Å². The Morgan fingerprint density at radius 3 is 2.06 bits per heavy atom. The number of hydrogen-bond acceptors (Lipinski definition) is 7. The highest BCUT2D eigenvalue weighted by molar-refractivity contribution is 6.07. The second-order valence-corrected chi connectivity index (χ2v) is 7.07. The summed E-state index contributed by atoms with van der Waals surface area (Å²) in [6.07, 6.45) is 0.637. The van der Waals surface area contributed by atoms with Crippen molar-refractivity contribution < 1.29 is 28.5 Å². The maximum atomic E-state index is 13.3. The van der Waals surface area contributed by atoms with E-state index in [1.54, 1.807) is 18.8 Å². The van der Waals surface area contributed by atoms with E-state index >= 15 is 0 Å². The van der Waals surface area contributed by atoms with Crippen LogP contribution in [0.3, 0.4) is 0 Å². The first kappa shape index (κ1) is 20.5. The Kier molecular flexibility index (Phi) is 5.14. The molecule has 1 aliphatic heterocycles. The third kappa shape index (κ3) is 3.20. The molecule has 3 aromatic rings. The SMILES string of the molecule is COC(=O)c1cc2cc3n(c(=O)c2cc1C(=O)OC)CCc1cc(OC)c(OC)cc1-3. The molecule has 1 aromatic heterocycles. The van der Waals surface area contributed by atoms with Gasteiger partial charge in [-0.1, -0.05) is 0 Å². The predicted octanol–water partition coefficient (Wildman–Crippen LogP) is 2.82. The van der Waals surface area contributed by atoms with Crippen molar-refractivity contribution in [2.24, 2.45) is 0 Å². The number of aryl methyl sites for hydroxylation is 1. The molecule has 0 fully saturated rings. The molecule has 8 nitrogen and oxygen atoms in total. The Labute approximate surface area is 177 Å². The van der Waals surface area contributed by atoms with E-state index in [9.17, 15) is 14.4 Å². The predicted molar refractivity (Wildman–Crippen MR) is 113 cm³/mol. The van der Waals surface area contributed by atoms with Gasteiger partial charge in [-0.05, 0) is 47.7 Å². The number of methoxy groups -OCH3 is 4. The van der Waals surface area contributed by atoms with Crippen molar-refractivity contribution in [3.63, 3.8) is 0 Å².